The molecule has 0 spiro atoms. The number of aromatic nitrogens is 1. The van der Waals surface area contributed by atoms with Crippen molar-refractivity contribution in [3.63, 3.8) is 0 Å². The van der Waals surface area contributed by atoms with Crippen LogP contribution < -0.4 is 15.4 Å². The first-order valence-electron chi connectivity index (χ1n) is 12.9. The zero-order chi connectivity index (χ0) is 27.6. The summed E-state index contributed by atoms with van der Waals surface area (Å²) in [5.41, 5.74) is 1.99. The molecule has 2 aliphatic rings. The molecule has 2 aromatic rings. The van der Waals surface area contributed by atoms with E-state index < -0.39 is 0 Å². The van der Waals surface area contributed by atoms with E-state index in [4.69, 9.17) is 12.2 Å². The van der Waals surface area contributed by atoms with Gasteiger partial charge >= 0.3 is 0 Å². The van der Waals surface area contributed by atoms with Crippen molar-refractivity contribution < 1.29 is 9.18 Å². The van der Waals surface area contributed by atoms with E-state index in [-0.39, 0.29) is 28.9 Å². The van der Waals surface area contributed by atoms with Crippen LogP contribution in [0.3, 0.4) is 0 Å². The van der Waals surface area contributed by atoms with E-state index in [1.54, 1.807) is 28.5 Å². The number of nitrogens with zero attached hydrogens (tertiary/aromatic N) is 5. The van der Waals surface area contributed by atoms with Gasteiger partial charge in [-0.2, -0.15) is 5.26 Å². The van der Waals surface area contributed by atoms with E-state index in [1.807, 2.05) is 26.8 Å². The average Bonchev–Trinajstić information content (AvgIpc) is 3.19. The van der Waals surface area contributed by atoms with Crippen molar-refractivity contribution in [2.75, 3.05) is 36.0 Å². The van der Waals surface area contributed by atoms with E-state index >= 15 is 0 Å². The monoisotopic (exact) mass is 553 g/mol. The Labute approximate surface area is 232 Å². The summed E-state index contributed by atoms with van der Waals surface area (Å²) in [5, 5.41) is 9.87. The highest BCUT2D eigenvalue weighted by atomic mass is 32.2. The number of thiocarbonyl (C=S) groups is 1. The minimum atomic E-state index is -0.313. The molecule has 2 fully saturated rings. The lowest BCUT2D eigenvalue weighted by Crippen LogP contribution is -2.48. The van der Waals surface area contributed by atoms with Crippen LogP contribution in [0.1, 0.15) is 50.3 Å². The molecule has 200 valence electrons. The Morgan fingerprint density at radius 3 is 2.34 bits per heavy atom. The molecule has 10 heteroatoms. The number of rotatable bonds is 7. The van der Waals surface area contributed by atoms with E-state index in [9.17, 15) is 19.2 Å². The van der Waals surface area contributed by atoms with Gasteiger partial charge in [-0.1, -0.05) is 37.8 Å². The van der Waals surface area contributed by atoms with Crippen molar-refractivity contribution in [3.05, 3.63) is 62.0 Å². The number of anilines is 2. The molecule has 0 bridgehead atoms. The molecular weight excluding hydrogens is 521 g/mol. The largest absolute Gasteiger partial charge is 0.368 e. The Morgan fingerprint density at radius 2 is 1.76 bits per heavy atom. The van der Waals surface area contributed by atoms with Crippen molar-refractivity contribution in [3.8, 4) is 6.07 Å². The van der Waals surface area contributed by atoms with Crippen LogP contribution in [0.2, 0.25) is 0 Å². The van der Waals surface area contributed by atoms with E-state index in [1.165, 1.54) is 23.9 Å². The second-order valence-electron chi connectivity index (χ2n) is 9.57. The van der Waals surface area contributed by atoms with Gasteiger partial charge in [0.05, 0.1) is 4.91 Å². The molecule has 2 saturated heterocycles. The predicted molar refractivity (Wildman–Crippen MR) is 156 cm³/mol. The van der Waals surface area contributed by atoms with Crippen molar-refractivity contribution in [2.45, 2.75) is 53.1 Å². The summed E-state index contributed by atoms with van der Waals surface area (Å²) in [5.74, 6) is 0.306. The standard InChI is InChI=1S/C28H32FN5O2S2/c1-5-11-33-25(32-14-12-31(13-15-32)21-9-7-20(29)8-10-21)22(19(4)23(17-30)26(33)35)16-24-27(36)34(18(3)6-2)28(37)38-24/h7-10,16,18H,5-6,11-15H2,1-4H3/b24-16+. The number of halogens is 1. The summed E-state index contributed by atoms with van der Waals surface area (Å²) in [7, 11) is 0. The van der Waals surface area contributed by atoms with Gasteiger partial charge in [0.2, 0.25) is 0 Å². The molecule has 7 nitrogen and oxygen atoms in total. The topological polar surface area (TPSA) is 72.6 Å². The molecule has 0 radical (unpaired) electrons. The molecule has 0 saturated carbocycles. The summed E-state index contributed by atoms with van der Waals surface area (Å²) in [6.45, 7) is 10.8. The fourth-order valence-electron chi connectivity index (χ4n) is 4.92. The number of piperazine rings is 1. The maximum atomic E-state index is 13.4. The number of pyridine rings is 1. The number of carbonyl (C=O) groups excluding carboxylic acids is 1. The molecule has 1 amide bonds. The van der Waals surface area contributed by atoms with Crippen LogP contribution in [-0.4, -0.2) is 51.9 Å². The van der Waals surface area contributed by atoms with Gasteiger partial charge in [-0.25, -0.2) is 4.39 Å². The third-order valence-corrected chi connectivity index (χ3v) is 8.53. The Balaban J connectivity index is 1.78. The number of amides is 1. The van der Waals surface area contributed by atoms with E-state index in [2.05, 4.69) is 15.9 Å². The van der Waals surface area contributed by atoms with Crippen molar-refractivity contribution in [1.29, 1.82) is 5.26 Å². The summed E-state index contributed by atoms with van der Waals surface area (Å²) >= 11 is 6.79. The Kier molecular flexibility index (Phi) is 8.58. The van der Waals surface area contributed by atoms with E-state index in [0.717, 1.165) is 17.9 Å². The number of thioether (sulfide) groups is 1. The van der Waals surface area contributed by atoms with Crippen molar-refractivity contribution in [2.24, 2.45) is 0 Å². The van der Waals surface area contributed by atoms with Gasteiger partial charge in [0.15, 0.2) is 0 Å². The third-order valence-electron chi connectivity index (χ3n) is 7.20. The summed E-state index contributed by atoms with van der Waals surface area (Å²) in [6, 6.07) is 8.54. The van der Waals surface area contributed by atoms with Gasteiger partial charge in [-0.05, 0) is 62.6 Å². The van der Waals surface area contributed by atoms with Crippen LogP contribution in [0.25, 0.3) is 6.08 Å². The lowest BCUT2D eigenvalue weighted by atomic mass is 10.0. The average molecular weight is 554 g/mol. The lowest BCUT2D eigenvalue weighted by Gasteiger charge is -2.39. The molecule has 4 rings (SSSR count). The maximum Gasteiger partial charge on any atom is 0.270 e. The number of carbonyl (C=O) groups is 1. The molecule has 38 heavy (non-hydrogen) atoms. The highest BCUT2D eigenvalue weighted by molar-refractivity contribution is 8.26. The molecule has 0 N–H and O–H groups in total. The zero-order valence-corrected chi connectivity index (χ0v) is 23.8. The lowest BCUT2D eigenvalue weighted by molar-refractivity contribution is -0.123. The molecule has 3 heterocycles. The van der Waals surface area contributed by atoms with Gasteiger partial charge in [-0.15, -0.1) is 0 Å². The first-order valence-corrected chi connectivity index (χ1v) is 14.1. The molecule has 1 aromatic carbocycles. The number of hydrogen-bond donors (Lipinski definition) is 0. The van der Waals surface area contributed by atoms with Crippen molar-refractivity contribution >= 4 is 51.8 Å². The van der Waals surface area contributed by atoms with Gasteiger partial charge in [0, 0.05) is 50.0 Å². The molecule has 0 aliphatic carbocycles. The Morgan fingerprint density at radius 1 is 1.13 bits per heavy atom. The highest BCUT2D eigenvalue weighted by Gasteiger charge is 2.36. The number of benzene rings is 1. The fraction of sp³-hybridized carbons (Fsp3) is 0.429. The SMILES string of the molecule is CCCn1c(N2CCN(c3ccc(F)cc3)CC2)c(/C=C2/SC(=S)N(C(C)CC)C2=O)c(C)c(C#N)c1=O. The third kappa shape index (κ3) is 5.22. The van der Waals surface area contributed by atoms with Crippen LogP contribution in [0, 0.1) is 24.1 Å². The van der Waals surface area contributed by atoms with Crippen LogP contribution in [0.15, 0.2) is 34.0 Å². The number of hydrogen-bond acceptors (Lipinski definition) is 7. The Hall–Kier alpha value is -3.16. The molecular formula is C28H32FN5O2S2. The van der Waals surface area contributed by atoms with Gasteiger partial charge in [0.1, 0.15) is 27.6 Å². The normalized spacial score (nSPS) is 17.9. The van der Waals surface area contributed by atoms with Crippen LogP contribution in [-0.2, 0) is 11.3 Å². The van der Waals surface area contributed by atoms with Gasteiger partial charge < -0.3 is 9.80 Å². The highest BCUT2D eigenvalue weighted by Crippen LogP contribution is 2.37. The van der Waals surface area contributed by atoms with Gasteiger partial charge in [-0.3, -0.25) is 19.1 Å². The smallest absolute Gasteiger partial charge is 0.270 e. The molecule has 1 unspecified atom stereocenters. The zero-order valence-electron chi connectivity index (χ0n) is 22.2. The fourth-order valence-corrected chi connectivity index (χ4v) is 6.36. The quantitative estimate of drug-likeness (QED) is 0.357. The summed E-state index contributed by atoms with van der Waals surface area (Å²) in [4.78, 5) is 33.3. The van der Waals surface area contributed by atoms with Crippen LogP contribution >= 0.6 is 24.0 Å². The summed E-state index contributed by atoms with van der Waals surface area (Å²) in [6.07, 6.45) is 3.30. The minimum absolute atomic E-state index is 0.0165. The van der Waals surface area contributed by atoms with Crippen LogP contribution in [0.4, 0.5) is 15.9 Å². The molecule has 1 aromatic heterocycles. The second-order valence-corrected chi connectivity index (χ2v) is 11.2. The van der Waals surface area contributed by atoms with Crippen molar-refractivity contribution in [1.82, 2.24) is 9.47 Å². The maximum absolute atomic E-state index is 13.4. The molecule has 2 aliphatic heterocycles. The predicted octanol–water partition coefficient (Wildman–Crippen LogP) is 4.90. The minimum Gasteiger partial charge on any atom is -0.368 e. The van der Waals surface area contributed by atoms with Gasteiger partial charge in [0.25, 0.3) is 11.5 Å². The van der Waals surface area contributed by atoms with E-state index in [0.29, 0.717) is 59.5 Å². The van der Waals surface area contributed by atoms with Crippen LogP contribution in [0.5, 0.6) is 0 Å². The second kappa shape index (κ2) is 11.7. The first kappa shape index (κ1) is 27.9. The Bertz CT molecular complexity index is 1370. The number of nitriles is 1. The summed E-state index contributed by atoms with van der Waals surface area (Å²) < 4.78 is 15.6. The molecule has 1 atom stereocenters. The first-order chi connectivity index (χ1) is 18.2.